The maximum Gasteiger partial charge on any atom is 0.220 e. The average Bonchev–Trinajstić information content (AvgIpc) is 3.07. The molecule has 0 aliphatic carbocycles. The van der Waals surface area contributed by atoms with Gasteiger partial charge < -0.3 is 5.32 Å². The Morgan fingerprint density at radius 2 is 2.00 bits per heavy atom. The van der Waals surface area contributed by atoms with Gasteiger partial charge in [0.25, 0.3) is 0 Å². The monoisotopic (exact) mass is 309 g/mol. The van der Waals surface area contributed by atoms with Gasteiger partial charge in [-0.3, -0.25) is 4.79 Å². The van der Waals surface area contributed by atoms with Crippen LogP contribution in [0.2, 0.25) is 0 Å². The van der Waals surface area contributed by atoms with Gasteiger partial charge in [-0.05, 0) is 51.9 Å². The molecule has 0 aliphatic rings. The topological polar surface area (TPSA) is 29.1 Å². The van der Waals surface area contributed by atoms with E-state index in [2.05, 4.69) is 53.2 Å². The van der Waals surface area contributed by atoms with Crippen molar-refractivity contribution < 1.29 is 4.79 Å². The van der Waals surface area contributed by atoms with Crippen molar-refractivity contribution in [2.45, 2.75) is 26.3 Å². The molecule has 3 aromatic rings. The Hall–Kier alpha value is -2.13. The third kappa shape index (κ3) is 3.20. The largest absolute Gasteiger partial charge is 0.352 e. The zero-order valence-electron chi connectivity index (χ0n) is 12.6. The van der Waals surface area contributed by atoms with Crippen molar-refractivity contribution in [3.8, 4) is 10.4 Å². The second kappa shape index (κ2) is 6.75. The Labute approximate surface area is 134 Å². The summed E-state index contributed by atoms with van der Waals surface area (Å²) in [5, 5.41) is 7.54. The molecule has 1 N–H and O–H groups in total. The number of carbonyl (C=O) groups excluding carboxylic acids is 1. The molecule has 0 saturated heterocycles. The fraction of sp³-hybridized carbons (Fsp3) is 0.211. The van der Waals surface area contributed by atoms with E-state index in [0.717, 1.165) is 6.42 Å². The van der Waals surface area contributed by atoms with Crippen LogP contribution in [0, 0.1) is 0 Å². The summed E-state index contributed by atoms with van der Waals surface area (Å²) in [5.74, 6) is 0.119. The van der Waals surface area contributed by atoms with Gasteiger partial charge in [-0.1, -0.05) is 37.3 Å². The van der Waals surface area contributed by atoms with E-state index in [1.54, 1.807) is 11.3 Å². The van der Waals surface area contributed by atoms with Crippen LogP contribution >= 0.6 is 11.3 Å². The summed E-state index contributed by atoms with van der Waals surface area (Å²) < 4.78 is 0. The van der Waals surface area contributed by atoms with Crippen LogP contribution in [-0.4, -0.2) is 5.91 Å². The molecule has 22 heavy (non-hydrogen) atoms. The number of amides is 1. The minimum absolute atomic E-state index is 0.119. The van der Waals surface area contributed by atoms with Gasteiger partial charge >= 0.3 is 0 Å². The van der Waals surface area contributed by atoms with Crippen molar-refractivity contribution >= 4 is 28.0 Å². The molecule has 0 aliphatic heterocycles. The van der Waals surface area contributed by atoms with E-state index in [-0.39, 0.29) is 5.91 Å². The Morgan fingerprint density at radius 3 is 2.77 bits per heavy atom. The van der Waals surface area contributed by atoms with E-state index in [4.69, 9.17) is 0 Å². The van der Waals surface area contributed by atoms with Crippen LogP contribution in [0.5, 0.6) is 0 Å². The number of hydrogen-bond acceptors (Lipinski definition) is 2. The smallest absolute Gasteiger partial charge is 0.220 e. The van der Waals surface area contributed by atoms with Crippen molar-refractivity contribution in [1.29, 1.82) is 0 Å². The summed E-state index contributed by atoms with van der Waals surface area (Å²) >= 11 is 1.74. The van der Waals surface area contributed by atoms with Crippen molar-refractivity contribution in [3.63, 3.8) is 0 Å². The molecule has 112 valence electrons. The molecular weight excluding hydrogens is 290 g/mol. The Bertz CT molecular complexity index is 777. The number of carbonyl (C=O) groups is 1. The maximum absolute atomic E-state index is 11.8. The first-order valence-corrected chi connectivity index (χ1v) is 8.48. The lowest BCUT2D eigenvalue weighted by atomic mass is 10.00. The van der Waals surface area contributed by atoms with E-state index in [1.807, 2.05) is 13.0 Å². The normalized spacial score (nSPS) is 10.8. The molecule has 1 aromatic heterocycles. The number of nitrogens with one attached hydrogen (secondary N) is 1. The molecule has 0 spiro atoms. The molecule has 1 amide bonds. The molecule has 2 aromatic carbocycles. The SMILES string of the molecule is CCCC(=O)NCc1cc(-c2cccs2)cc2ccccc12. The number of hydrogen-bond donors (Lipinski definition) is 1. The van der Waals surface area contributed by atoms with Gasteiger partial charge in [-0.25, -0.2) is 0 Å². The van der Waals surface area contributed by atoms with Crippen LogP contribution in [0.3, 0.4) is 0 Å². The van der Waals surface area contributed by atoms with Gasteiger partial charge in [0.15, 0.2) is 0 Å². The molecule has 1 heterocycles. The molecule has 3 heteroatoms. The third-order valence-corrected chi connectivity index (χ3v) is 4.63. The third-order valence-electron chi connectivity index (χ3n) is 3.71. The van der Waals surface area contributed by atoms with E-state index in [1.165, 1.54) is 26.8 Å². The average molecular weight is 309 g/mol. The Morgan fingerprint density at radius 1 is 1.14 bits per heavy atom. The Balaban J connectivity index is 1.97. The number of thiophene rings is 1. The van der Waals surface area contributed by atoms with Crippen LogP contribution in [0.25, 0.3) is 21.2 Å². The van der Waals surface area contributed by atoms with E-state index in [9.17, 15) is 4.79 Å². The molecule has 0 radical (unpaired) electrons. The number of benzene rings is 2. The second-order valence-corrected chi connectivity index (χ2v) is 6.31. The van der Waals surface area contributed by atoms with E-state index >= 15 is 0 Å². The predicted molar refractivity (Wildman–Crippen MR) is 94.0 cm³/mol. The molecule has 2 nitrogen and oxygen atoms in total. The van der Waals surface area contributed by atoms with Gasteiger partial charge in [0.1, 0.15) is 0 Å². The zero-order valence-corrected chi connectivity index (χ0v) is 13.5. The predicted octanol–water partition coefficient (Wildman–Crippen LogP) is 4.98. The van der Waals surface area contributed by atoms with E-state index < -0.39 is 0 Å². The van der Waals surface area contributed by atoms with Crippen LogP contribution < -0.4 is 5.32 Å². The van der Waals surface area contributed by atoms with Crippen LogP contribution in [-0.2, 0) is 11.3 Å². The second-order valence-electron chi connectivity index (χ2n) is 5.36. The molecule has 0 saturated carbocycles. The standard InChI is InChI=1S/C19H19NOS/c1-2-6-19(21)20-13-16-12-15(18-9-5-10-22-18)11-14-7-3-4-8-17(14)16/h3-5,7-12H,2,6,13H2,1H3,(H,20,21). The van der Waals surface area contributed by atoms with Gasteiger partial charge in [0.05, 0.1) is 0 Å². The van der Waals surface area contributed by atoms with Crippen LogP contribution in [0.1, 0.15) is 25.3 Å². The van der Waals surface area contributed by atoms with Crippen LogP contribution in [0.15, 0.2) is 53.9 Å². The van der Waals surface area contributed by atoms with Gasteiger partial charge in [-0.15, -0.1) is 11.3 Å². The number of rotatable bonds is 5. The molecule has 0 unspecified atom stereocenters. The number of fused-ring (bicyclic) bond motifs is 1. The lowest BCUT2D eigenvalue weighted by Crippen LogP contribution is -2.22. The zero-order chi connectivity index (χ0) is 15.4. The van der Waals surface area contributed by atoms with E-state index in [0.29, 0.717) is 13.0 Å². The van der Waals surface area contributed by atoms with Crippen LogP contribution in [0.4, 0.5) is 0 Å². The Kier molecular flexibility index (Phi) is 4.54. The first-order chi connectivity index (χ1) is 10.8. The van der Waals surface area contributed by atoms with Crippen molar-refractivity contribution in [1.82, 2.24) is 5.32 Å². The maximum atomic E-state index is 11.8. The summed E-state index contributed by atoms with van der Waals surface area (Å²) in [4.78, 5) is 13.0. The first-order valence-electron chi connectivity index (χ1n) is 7.60. The molecule has 0 fully saturated rings. The quantitative estimate of drug-likeness (QED) is 0.707. The van der Waals surface area contributed by atoms with Gasteiger partial charge in [0.2, 0.25) is 5.91 Å². The highest BCUT2D eigenvalue weighted by Crippen LogP contribution is 2.30. The fourth-order valence-corrected chi connectivity index (χ4v) is 3.35. The van der Waals surface area contributed by atoms with Crippen molar-refractivity contribution in [2.75, 3.05) is 0 Å². The molecule has 0 atom stereocenters. The summed E-state index contributed by atoms with van der Waals surface area (Å²) in [6.07, 6.45) is 1.46. The highest BCUT2D eigenvalue weighted by molar-refractivity contribution is 7.13. The molecule has 0 bridgehead atoms. The first kappa shape index (κ1) is 14.8. The molecule has 3 rings (SSSR count). The lowest BCUT2D eigenvalue weighted by Gasteiger charge is -2.11. The minimum Gasteiger partial charge on any atom is -0.352 e. The molecular formula is C19H19NOS. The van der Waals surface area contributed by atoms with Gasteiger partial charge in [0, 0.05) is 17.8 Å². The highest BCUT2D eigenvalue weighted by Gasteiger charge is 2.08. The summed E-state index contributed by atoms with van der Waals surface area (Å²) in [6.45, 7) is 2.60. The lowest BCUT2D eigenvalue weighted by molar-refractivity contribution is -0.121. The summed E-state index contributed by atoms with van der Waals surface area (Å²) in [6, 6.07) is 17.0. The van der Waals surface area contributed by atoms with Gasteiger partial charge in [-0.2, -0.15) is 0 Å². The minimum atomic E-state index is 0.119. The highest BCUT2D eigenvalue weighted by atomic mass is 32.1. The fourth-order valence-electron chi connectivity index (χ4n) is 2.63. The summed E-state index contributed by atoms with van der Waals surface area (Å²) in [7, 11) is 0. The van der Waals surface area contributed by atoms with Crippen molar-refractivity contribution in [2.24, 2.45) is 0 Å². The summed E-state index contributed by atoms with van der Waals surface area (Å²) in [5.41, 5.74) is 2.39. The van der Waals surface area contributed by atoms with Crippen molar-refractivity contribution in [3.05, 3.63) is 59.5 Å².